The van der Waals surface area contributed by atoms with Crippen LogP contribution in [0.5, 0.6) is 0 Å². The van der Waals surface area contributed by atoms with Crippen LogP contribution in [0.25, 0.3) is 0 Å². The topological polar surface area (TPSA) is 59.8 Å². The van der Waals surface area contributed by atoms with Gasteiger partial charge in [0.25, 0.3) is 0 Å². The zero-order chi connectivity index (χ0) is 19.3. The summed E-state index contributed by atoms with van der Waals surface area (Å²) in [6.07, 6.45) is 8.83. The van der Waals surface area contributed by atoms with Crippen molar-refractivity contribution in [3.05, 3.63) is 41.7 Å². The summed E-state index contributed by atoms with van der Waals surface area (Å²) >= 11 is 1.53. The van der Waals surface area contributed by atoms with E-state index in [9.17, 15) is 4.79 Å². The number of thioether (sulfide) groups is 1. The Labute approximate surface area is 171 Å². The number of amides is 1. The standard InChI is InChI=1S/C22H30N4OS/c1-16(21(27)23-14-17-8-4-2-5-9-17)28-22-25-24-20(19-12-13-19)26(22)15-18-10-6-3-7-11-18/h3,6-7,10-11,16-17,19H,2,4-5,8-9,12-15H2,1H3,(H,23,27)/t16-/m1/s1. The molecule has 2 aliphatic rings. The summed E-state index contributed by atoms with van der Waals surface area (Å²) in [5.41, 5.74) is 1.24. The van der Waals surface area contributed by atoms with Gasteiger partial charge in [-0.1, -0.05) is 61.4 Å². The maximum absolute atomic E-state index is 12.6. The third-order valence-corrected chi connectivity index (χ3v) is 6.89. The van der Waals surface area contributed by atoms with Crippen LogP contribution in [0.3, 0.4) is 0 Å². The van der Waals surface area contributed by atoms with Crippen LogP contribution in [0.2, 0.25) is 0 Å². The van der Waals surface area contributed by atoms with Gasteiger partial charge in [-0.25, -0.2) is 0 Å². The molecule has 2 aromatic rings. The Morgan fingerprint density at radius 2 is 1.89 bits per heavy atom. The van der Waals surface area contributed by atoms with Gasteiger partial charge in [0.05, 0.1) is 11.8 Å². The lowest BCUT2D eigenvalue weighted by molar-refractivity contribution is -0.120. The molecule has 0 aliphatic heterocycles. The molecule has 4 rings (SSSR count). The Kier molecular flexibility index (Phi) is 6.35. The number of nitrogens with zero attached hydrogens (tertiary/aromatic N) is 3. The highest BCUT2D eigenvalue weighted by Gasteiger charge is 2.31. The van der Waals surface area contributed by atoms with E-state index in [2.05, 4.69) is 44.3 Å². The summed E-state index contributed by atoms with van der Waals surface area (Å²) in [4.78, 5) is 12.6. The van der Waals surface area contributed by atoms with E-state index < -0.39 is 0 Å². The summed E-state index contributed by atoms with van der Waals surface area (Å²) in [7, 11) is 0. The Balaban J connectivity index is 1.39. The Bertz CT molecular complexity index is 781. The first-order chi connectivity index (χ1) is 13.7. The van der Waals surface area contributed by atoms with Gasteiger partial charge in [0.2, 0.25) is 5.91 Å². The molecular formula is C22H30N4OS. The van der Waals surface area contributed by atoms with Gasteiger partial charge in [0.15, 0.2) is 5.16 Å². The molecule has 1 aromatic heterocycles. The van der Waals surface area contributed by atoms with Crippen LogP contribution in [-0.2, 0) is 11.3 Å². The molecular weight excluding hydrogens is 368 g/mol. The predicted octanol–water partition coefficient (Wildman–Crippen LogP) is 4.38. The van der Waals surface area contributed by atoms with Crippen LogP contribution in [0, 0.1) is 5.92 Å². The predicted molar refractivity (Wildman–Crippen MR) is 112 cm³/mol. The monoisotopic (exact) mass is 398 g/mol. The first kappa shape index (κ1) is 19.5. The first-order valence-corrected chi connectivity index (χ1v) is 11.5. The van der Waals surface area contributed by atoms with Crippen molar-refractivity contribution in [2.24, 2.45) is 5.92 Å². The minimum atomic E-state index is -0.172. The number of nitrogens with one attached hydrogen (secondary N) is 1. The molecule has 0 bridgehead atoms. The molecule has 0 saturated heterocycles. The van der Waals surface area contributed by atoms with E-state index in [-0.39, 0.29) is 11.2 Å². The molecule has 1 atom stereocenters. The van der Waals surface area contributed by atoms with Crippen LogP contribution in [-0.4, -0.2) is 32.5 Å². The van der Waals surface area contributed by atoms with Crippen molar-refractivity contribution in [1.82, 2.24) is 20.1 Å². The van der Waals surface area contributed by atoms with Crippen molar-refractivity contribution >= 4 is 17.7 Å². The van der Waals surface area contributed by atoms with Crippen LogP contribution in [0.15, 0.2) is 35.5 Å². The number of aromatic nitrogens is 3. The highest BCUT2D eigenvalue weighted by molar-refractivity contribution is 8.00. The Morgan fingerprint density at radius 3 is 2.61 bits per heavy atom. The van der Waals surface area contributed by atoms with E-state index in [1.807, 2.05) is 13.0 Å². The zero-order valence-electron chi connectivity index (χ0n) is 16.6. The van der Waals surface area contributed by atoms with Crippen molar-refractivity contribution in [2.45, 2.75) is 74.7 Å². The molecule has 0 unspecified atom stereocenters. The lowest BCUT2D eigenvalue weighted by Crippen LogP contribution is -2.35. The summed E-state index contributed by atoms with van der Waals surface area (Å²) in [6.45, 7) is 3.55. The van der Waals surface area contributed by atoms with Crippen LogP contribution in [0.1, 0.15) is 69.2 Å². The average Bonchev–Trinajstić information content (AvgIpc) is 3.51. The number of carbonyl (C=O) groups is 1. The van der Waals surface area contributed by atoms with E-state index in [0.717, 1.165) is 24.1 Å². The molecule has 1 amide bonds. The molecule has 1 aromatic carbocycles. The third kappa shape index (κ3) is 4.96. The van der Waals surface area contributed by atoms with Crippen molar-refractivity contribution in [3.63, 3.8) is 0 Å². The fourth-order valence-corrected chi connectivity index (χ4v) is 4.82. The molecule has 5 nitrogen and oxygen atoms in total. The lowest BCUT2D eigenvalue weighted by atomic mass is 9.89. The Hall–Kier alpha value is -1.82. The SMILES string of the molecule is C[C@@H](Sc1nnc(C2CC2)n1Cc1ccccc1)C(=O)NCC1CCCCC1. The second kappa shape index (κ2) is 9.12. The van der Waals surface area contributed by atoms with E-state index >= 15 is 0 Å². The smallest absolute Gasteiger partial charge is 0.233 e. The molecule has 1 heterocycles. The van der Waals surface area contributed by atoms with Crippen LogP contribution in [0.4, 0.5) is 0 Å². The fourth-order valence-electron chi connectivity index (χ4n) is 3.94. The van der Waals surface area contributed by atoms with Gasteiger partial charge in [0.1, 0.15) is 5.82 Å². The lowest BCUT2D eigenvalue weighted by Gasteiger charge is -2.22. The maximum Gasteiger partial charge on any atom is 0.233 e. The molecule has 0 spiro atoms. The quantitative estimate of drug-likeness (QED) is 0.670. The van der Waals surface area contributed by atoms with E-state index in [0.29, 0.717) is 11.8 Å². The number of hydrogen-bond donors (Lipinski definition) is 1. The van der Waals surface area contributed by atoms with E-state index in [1.165, 1.54) is 62.3 Å². The molecule has 28 heavy (non-hydrogen) atoms. The second-order valence-corrected chi connectivity index (χ2v) is 9.50. The summed E-state index contributed by atoms with van der Waals surface area (Å²) in [5.74, 6) is 2.36. The van der Waals surface area contributed by atoms with Crippen molar-refractivity contribution in [1.29, 1.82) is 0 Å². The highest BCUT2D eigenvalue weighted by Crippen LogP contribution is 2.40. The van der Waals surface area contributed by atoms with Gasteiger partial charge in [0, 0.05) is 12.5 Å². The zero-order valence-corrected chi connectivity index (χ0v) is 17.5. The molecule has 150 valence electrons. The normalized spacial score (nSPS) is 18.8. The summed E-state index contributed by atoms with van der Waals surface area (Å²) in [6, 6.07) is 10.4. The largest absolute Gasteiger partial charge is 0.355 e. The number of hydrogen-bond acceptors (Lipinski definition) is 4. The van der Waals surface area contributed by atoms with Gasteiger partial charge in [-0.15, -0.1) is 10.2 Å². The molecule has 6 heteroatoms. The molecule has 2 saturated carbocycles. The summed E-state index contributed by atoms with van der Waals surface area (Å²) in [5, 5.41) is 12.8. The maximum atomic E-state index is 12.6. The second-order valence-electron chi connectivity index (χ2n) is 8.20. The third-order valence-electron chi connectivity index (χ3n) is 5.81. The average molecular weight is 399 g/mol. The first-order valence-electron chi connectivity index (χ1n) is 10.6. The molecule has 2 fully saturated rings. The van der Waals surface area contributed by atoms with Crippen molar-refractivity contribution in [2.75, 3.05) is 6.54 Å². The van der Waals surface area contributed by atoms with E-state index in [1.54, 1.807) is 0 Å². The molecule has 1 N–H and O–H groups in total. The van der Waals surface area contributed by atoms with Gasteiger partial charge >= 0.3 is 0 Å². The summed E-state index contributed by atoms with van der Waals surface area (Å²) < 4.78 is 2.21. The molecule has 0 radical (unpaired) electrons. The highest BCUT2D eigenvalue weighted by atomic mass is 32.2. The van der Waals surface area contributed by atoms with Gasteiger partial charge < -0.3 is 9.88 Å². The number of benzene rings is 1. The number of carbonyl (C=O) groups excluding carboxylic acids is 1. The minimum Gasteiger partial charge on any atom is -0.355 e. The number of rotatable bonds is 8. The van der Waals surface area contributed by atoms with E-state index in [4.69, 9.17) is 0 Å². The fraction of sp³-hybridized carbons (Fsp3) is 0.591. The van der Waals surface area contributed by atoms with Gasteiger partial charge in [-0.2, -0.15) is 0 Å². The minimum absolute atomic E-state index is 0.109. The van der Waals surface area contributed by atoms with Gasteiger partial charge in [-0.3, -0.25) is 4.79 Å². The Morgan fingerprint density at radius 1 is 1.14 bits per heavy atom. The van der Waals surface area contributed by atoms with Crippen LogP contribution < -0.4 is 5.32 Å². The van der Waals surface area contributed by atoms with Crippen LogP contribution >= 0.6 is 11.8 Å². The molecule has 2 aliphatic carbocycles. The van der Waals surface area contributed by atoms with Gasteiger partial charge in [-0.05, 0) is 44.1 Å². The van der Waals surface area contributed by atoms with Crippen molar-refractivity contribution < 1.29 is 4.79 Å². The van der Waals surface area contributed by atoms with Crippen molar-refractivity contribution in [3.8, 4) is 0 Å².